The van der Waals surface area contributed by atoms with Crippen LogP contribution in [-0.2, 0) is 4.79 Å². The number of benzene rings is 2. The molecule has 1 saturated heterocycles. The van der Waals surface area contributed by atoms with Gasteiger partial charge in [-0.05, 0) is 61.3 Å². The number of nitrogens with zero attached hydrogens (tertiary/aromatic N) is 1. The number of methoxy groups -OCH3 is 2. The summed E-state index contributed by atoms with van der Waals surface area (Å²) in [6, 6.07) is 9.72. The second kappa shape index (κ2) is 8.73. The molecule has 0 spiro atoms. The summed E-state index contributed by atoms with van der Waals surface area (Å²) in [6.45, 7) is 1.57. The van der Waals surface area contributed by atoms with Gasteiger partial charge in [0.05, 0.1) is 26.2 Å². The number of carbonyl (C=O) groups is 1. The summed E-state index contributed by atoms with van der Waals surface area (Å²) in [6.07, 6.45) is 1.22. The quantitative estimate of drug-likeness (QED) is 0.671. The third-order valence-corrected chi connectivity index (χ3v) is 6.44. The first-order chi connectivity index (χ1) is 14.5. The standard InChI is InChI=1S/C22H24BrNO6/c1-27-18-10-15(16(23)11-19(18)28-2)21(24-7-5-13(6-8-24)22(25)26)14-3-4-17-20(9-14)30-12-29-17/h3-4,9-11,13,21H,5-8,12H2,1-2H3,(H,25,26). The zero-order chi connectivity index (χ0) is 21.3. The van der Waals surface area contributed by atoms with Crippen molar-refractivity contribution in [3.05, 3.63) is 45.9 Å². The van der Waals surface area contributed by atoms with Gasteiger partial charge >= 0.3 is 5.97 Å². The number of ether oxygens (including phenoxy) is 4. The average Bonchev–Trinajstić information content (AvgIpc) is 3.23. The maximum Gasteiger partial charge on any atom is 0.306 e. The number of piperidine rings is 1. The Morgan fingerprint density at radius 2 is 1.77 bits per heavy atom. The highest BCUT2D eigenvalue weighted by molar-refractivity contribution is 9.10. The first kappa shape index (κ1) is 20.8. The highest BCUT2D eigenvalue weighted by atomic mass is 79.9. The van der Waals surface area contributed by atoms with Crippen LogP contribution in [0.25, 0.3) is 0 Å². The van der Waals surface area contributed by atoms with Crippen molar-refractivity contribution in [1.29, 1.82) is 0 Å². The van der Waals surface area contributed by atoms with Crippen LogP contribution in [0.5, 0.6) is 23.0 Å². The predicted molar refractivity (Wildman–Crippen MR) is 114 cm³/mol. The minimum atomic E-state index is -0.721. The maximum absolute atomic E-state index is 11.4. The van der Waals surface area contributed by atoms with Gasteiger partial charge < -0.3 is 24.1 Å². The molecular weight excluding hydrogens is 454 g/mol. The van der Waals surface area contributed by atoms with Gasteiger partial charge in [-0.25, -0.2) is 0 Å². The number of hydrogen-bond acceptors (Lipinski definition) is 6. The van der Waals surface area contributed by atoms with E-state index in [-0.39, 0.29) is 18.8 Å². The Labute approximate surface area is 183 Å². The van der Waals surface area contributed by atoms with Crippen LogP contribution in [0.15, 0.2) is 34.8 Å². The van der Waals surface area contributed by atoms with Gasteiger partial charge in [-0.1, -0.05) is 22.0 Å². The Kier molecular flexibility index (Phi) is 6.06. The number of carboxylic acids is 1. The minimum Gasteiger partial charge on any atom is -0.493 e. The van der Waals surface area contributed by atoms with E-state index in [4.69, 9.17) is 18.9 Å². The molecule has 2 heterocycles. The van der Waals surface area contributed by atoms with Crippen LogP contribution in [0.2, 0.25) is 0 Å². The van der Waals surface area contributed by atoms with Crippen LogP contribution >= 0.6 is 15.9 Å². The summed E-state index contributed by atoms with van der Waals surface area (Å²) in [7, 11) is 3.22. The zero-order valence-corrected chi connectivity index (χ0v) is 18.5. The van der Waals surface area contributed by atoms with Gasteiger partial charge in [0.25, 0.3) is 0 Å². The molecule has 30 heavy (non-hydrogen) atoms. The SMILES string of the molecule is COc1cc(Br)c(C(c2ccc3c(c2)OCO3)N2CCC(C(=O)O)CC2)cc1OC. The van der Waals surface area contributed by atoms with E-state index in [0.717, 1.165) is 27.1 Å². The lowest BCUT2D eigenvalue weighted by Crippen LogP contribution is -2.39. The summed E-state index contributed by atoms with van der Waals surface area (Å²) < 4.78 is 22.9. The normalized spacial score (nSPS) is 17.6. The van der Waals surface area contributed by atoms with Crippen LogP contribution in [0.1, 0.15) is 30.0 Å². The maximum atomic E-state index is 11.4. The Hall–Kier alpha value is -2.45. The number of rotatable bonds is 6. The Morgan fingerprint density at radius 3 is 2.43 bits per heavy atom. The first-order valence-electron chi connectivity index (χ1n) is 9.79. The number of likely N-dealkylation sites (tertiary alicyclic amines) is 1. The van der Waals surface area contributed by atoms with Gasteiger partial charge in [0, 0.05) is 4.47 Å². The Bertz CT molecular complexity index is 941. The molecule has 7 nitrogen and oxygen atoms in total. The van der Waals surface area contributed by atoms with Crippen LogP contribution < -0.4 is 18.9 Å². The smallest absolute Gasteiger partial charge is 0.306 e. The summed E-state index contributed by atoms with van der Waals surface area (Å²) in [5.41, 5.74) is 2.06. The summed E-state index contributed by atoms with van der Waals surface area (Å²) in [5.74, 6) is 1.71. The summed E-state index contributed by atoms with van der Waals surface area (Å²) in [5, 5.41) is 9.39. The third kappa shape index (κ3) is 3.94. The molecule has 0 bridgehead atoms. The monoisotopic (exact) mass is 477 g/mol. The first-order valence-corrected chi connectivity index (χ1v) is 10.6. The third-order valence-electron chi connectivity index (χ3n) is 5.75. The van der Waals surface area contributed by atoms with E-state index in [0.29, 0.717) is 37.4 Å². The van der Waals surface area contributed by atoms with Crippen molar-refractivity contribution in [2.24, 2.45) is 5.92 Å². The van der Waals surface area contributed by atoms with Gasteiger partial charge in [0.2, 0.25) is 6.79 Å². The predicted octanol–water partition coefficient (Wildman–Crippen LogP) is 4.08. The van der Waals surface area contributed by atoms with E-state index in [9.17, 15) is 9.90 Å². The van der Waals surface area contributed by atoms with E-state index in [1.807, 2.05) is 30.3 Å². The lowest BCUT2D eigenvalue weighted by atomic mass is 9.91. The second-order valence-corrected chi connectivity index (χ2v) is 8.25. The fourth-order valence-corrected chi connectivity index (χ4v) is 4.69. The van der Waals surface area contributed by atoms with Crippen LogP contribution in [-0.4, -0.2) is 50.1 Å². The lowest BCUT2D eigenvalue weighted by molar-refractivity contribution is -0.143. The van der Waals surface area contributed by atoms with Gasteiger partial charge in [-0.2, -0.15) is 0 Å². The fraction of sp³-hybridized carbons (Fsp3) is 0.409. The number of hydrogen-bond donors (Lipinski definition) is 1. The number of aliphatic carboxylic acids is 1. The molecule has 1 N–H and O–H groups in total. The Morgan fingerprint density at radius 1 is 1.10 bits per heavy atom. The molecule has 0 radical (unpaired) electrons. The fourth-order valence-electron chi connectivity index (χ4n) is 4.15. The molecule has 2 aromatic carbocycles. The van der Waals surface area contributed by atoms with Crippen LogP contribution in [0.3, 0.4) is 0 Å². The largest absolute Gasteiger partial charge is 0.493 e. The van der Waals surface area contributed by atoms with Crippen molar-refractivity contribution in [2.45, 2.75) is 18.9 Å². The zero-order valence-electron chi connectivity index (χ0n) is 16.9. The highest BCUT2D eigenvalue weighted by Crippen LogP contribution is 2.43. The van der Waals surface area contributed by atoms with Gasteiger partial charge in [-0.3, -0.25) is 9.69 Å². The van der Waals surface area contributed by atoms with Crippen molar-refractivity contribution < 1.29 is 28.8 Å². The molecule has 2 aliphatic rings. The second-order valence-electron chi connectivity index (χ2n) is 7.39. The van der Waals surface area contributed by atoms with Crippen molar-refractivity contribution in [3.63, 3.8) is 0 Å². The van der Waals surface area contributed by atoms with E-state index in [2.05, 4.69) is 20.8 Å². The molecule has 0 saturated carbocycles. The van der Waals surface area contributed by atoms with Crippen molar-refractivity contribution in [2.75, 3.05) is 34.1 Å². The molecule has 8 heteroatoms. The molecule has 1 unspecified atom stereocenters. The van der Waals surface area contributed by atoms with Crippen molar-refractivity contribution in [1.82, 2.24) is 4.90 Å². The number of carboxylic acid groups (broad SMARTS) is 1. The molecular formula is C22H24BrNO6. The van der Waals surface area contributed by atoms with Gasteiger partial charge in [0.15, 0.2) is 23.0 Å². The van der Waals surface area contributed by atoms with E-state index in [1.165, 1.54) is 0 Å². The van der Waals surface area contributed by atoms with Crippen molar-refractivity contribution in [3.8, 4) is 23.0 Å². The molecule has 0 aromatic heterocycles. The summed E-state index contributed by atoms with van der Waals surface area (Å²) >= 11 is 3.70. The molecule has 2 aliphatic heterocycles. The molecule has 0 amide bonds. The minimum absolute atomic E-state index is 0.108. The Balaban J connectivity index is 1.76. The molecule has 0 aliphatic carbocycles. The van der Waals surface area contributed by atoms with Crippen molar-refractivity contribution >= 4 is 21.9 Å². The molecule has 1 fully saturated rings. The number of halogens is 1. The summed E-state index contributed by atoms with van der Waals surface area (Å²) in [4.78, 5) is 13.7. The van der Waals surface area contributed by atoms with Gasteiger partial charge in [0.1, 0.15) is 0 Å². The molecule has 1 atom stereocenters. The molecule has 2 aromatic rings. The van der Waals surface area contributed by atoms with E-state index in [1.54, 1.807) is 14.2 Å². The topological polar surface area (TPSA) is 77.5 Å². The molecule has 4 rings (SSSR count). The van der Waals surface area contributed by atoms with Crippen LogP contribution in [0, 0.1) is 5.92 Å². The molecule has 160 valence electrons. The number of fused-ring (bicyclic) bond motifs is 1. The average molecular weight is 478 g/mol. The van der Waals surface area contributed by atoms with E-state index < -0.39 is 5.97 Å². The van der Waals surface area contributed by atoms with Crippen LogP contribution in [0.4, 0.5) is 0 Å². The van der Waals surface area contributed by atoms with Gasteiger partial charge in [-0.15, -0.1) is 0 Å². The van der Waals surface area contributed by atoms with E-state index >= 15 is 0 Å². The lowest BCUT2D eigenvalue weighted by Gasteiger charge is -2.37. The highest BCUT2D eigenvalue weighted by Gasteiger charge is 2.32.